The van der Waals surface area contributed by atoms with Crippen LogP contribution < -0.4 is 19.5 Å². The van der Waals surface area contributed by atoms with Crippen LogP contribution in [0.4, 0.5) is 5.69 Å². The molecule has 3 aliphatic rings. The molecule has 44 heavy (non-hydrogen) atoms. The molecule has 220 valence electrons. The standard InChI is InChI=1S/C36H30N2O6/c1-42-22-16-17-29(44-3)25(20-22)32(39)30-31(33(40)24-12-6-9-15-28(24)43-2)38-19-18-21-10-4-5-11-23(21)34(38)36(30)26-13-7-8-14-27(26)37-35(36)41/h4-20,30-31,34H,1-3H3,(H,37,41)/t30-,31-,34+,36+/m0/s1. The van der Waals surface area contributed by atoms with Crippen LogP contribution in [0, 0.1) is 5.92 Å². The van der Waals surface area contributed by atoms with E-state index in [-0.39, 0.29) is 17.3 Å². The number of ketones is 2. The predicted octanol–water partition coefficient (Wildman–Crippen LogP) is 5.69. The summed E-state index contributed by atoms with van der Waals surface area (Å²) in [5, 5.41) is 3.07. The van der Waals surface area contributed by atoms with E-state index in [1.165, 1.54) is 21.3 Å². The minimum Gasteiger partial charge on any atom is -0.497 e. The first-order chi connectivity index (χ1) is 21.4. The average Bonchev–Trinajstić information content (AvgIpc) is 3.55. The molecule has 0 saturated carbocycles. The number of nitrogens with one attached hydrogen (secondary N) is 1. The monoisotopic (exact) mass is 586 g/mol. The molecule has 1 fully saturated rings. The smallest absolute Gasteiger partial charge is 0.238 e. The van der Waals surface area contributed by atoms with Crippen molar-refractivity contribution in [2.24, 2.45) is 5.92 Å². The molecule has 0 aliphatic carbocycles. The zero-order chi connectivity index (χ0) is 30.6. The number of methoxy groups -OCH3 is 3. The molecule has 0 aromatic heterocycles. The van der Waals surface area contributed by atoms with E-state index in [9.17, 15) is 9.59 Å². The lowest BCUT2D eigenvalue weighted by Crippen LogP contribution is -2.49. The highest BCUT2D eigenvalue weighted by Gasteiger charge is 2.71. The highest BCUT2D eigenvalue weighted by atomic mass is 16.5. The SMILES string of the molecule is COc1ccc(OC)c(C(=O)[C@@H]2[C@@H](C(=O)c3ccccc3OC)N3C=Cc4ccccc4[C@@H]3[C@]23C(=O)Nc2ccccc23)c1. The molecule has 4 aromatic rings. The Labute approximate surface area is 254 Å². The number of nitrogens with zero attached hydrogens (tertiary/aromatic N) is 1. The highest BCUT2D eigenvalue weighted by molar-refractivity contribution is 6.17. The zero-order valence-electron chi connectivity index (χ0n) is 24.4. The Morgan fingerprint density at radius 2 is 1.48 bits per heavy atom. The Kier molecular flexibility index (Phi) is 6.50. The number of hydrogen-bond donors (Lipinski definition) is 1. The van der Waals surface area contributed by atoms with Gasteiger partial charge in [-0.1, -0.05) is 54.6 Å². The minimum absolute atomic E-state index is 0.225. The summed E-state index contributed by atoms with van der Waals surface area (Å²) in [5.41, 5.74) is 2.14. The number of hydrogen-bond acceptors (Lipinski definition) is 7. The minimum atomic E-state index is -1.47. The van der Waals surface area contributed by atoms with Crippen molar-refractivity contribution in [3.63, 3.8) is 0 Å². The van der Waals surface area contributed by atoms with Crippen LogP contribution in [-0.2, 0) is 10.2 Å². The summed E-state index contributed by atoms with van der Waals surface area (Å²) in [6.07, 6.45) is 3.77. The molecule has 8 heteroatoms. The summed E-state index contributed by atoms with van der Waals surface area (Å²) in [6, 6.07) is 25.4. The van der Waals surface area contributed by atoms with E-state index in [4.69, 9.17) is 14.2 Å². The number of Topliss-reactive ketones (excluding diaryl/α,β-unsaturated/α-hetero) is 2. The van der Waals surface area contributed by atoms with Gasteiger partial charge in [-0.15, -0.1) is 0 Å². The molecule has 0 unspecified atom stereocenters. The Morgan fingerprint density at radius 1 is 0.773 bits per heavy atom. The Hall–Kier alpha value is -5.37. The molecule has 1 spiro atoms. The van der Waals surface area contributed by atoms with Crippen molar-refractivity contribution in [1.82, 2.24) is 4.90 Å². The molecular formula is C36H30N2O6. The second-order valence-electron chi connectivity index (χ2n) is 11.1. The quantitative estimate of drug-likeness (QED) is 0.278. The van der Waals surface area contributed by atoms with Crippen LogP contribution in [0.5, 0.6) is 17.2 Å². The molecule has 7 rings (SSSR count). The number of amides is 1. The van der Waals surface area contributed by atoms with Gasteiger partial charge in [0.25, 0.3) is 0 Å². The number of rotatable bonds is 7. The van der Waals surface area contributed by atoms with Crippen LogP contribution in [-0.4, -0.2) is 49.7 Å². The van der Waals surface area contributed by atoms with Gasteiger partial charge in [0.15, 0.2) is 11.6 Å². The topological polar surface area (TPSA) is 94.2 Å². The van der Waals surface area contributed by atoms with Gasteiger partial charge in [-0.3, -0.25) is 14.4 Å². The molecular weight excluding hydrogens is 556 g/mol. The molecule has 4 atom stereocenters. The molecule has 4 aromatic carbocycles. The largest absolute Gasteiger partial charge is 0.497 e. The molecule has 0 radical (unpaired) electrons. The Morgan fingerprint density at radius 3 is 2.27 bits per heavy atom. The second-order valence-corrected chi connectivity index (χ2v) is 11.1. The van der Waals surface area contributed by atoms with Crippen LogP contribution in [0.15, 0.2) is 97.2 Å². The molecule has 1 amide bonds. The Balaban J connectivity index is 1.56. The van der Waals surface area contributed by atoms with E-state index in [1.807, 2.05) is 65.7 Å². The average molecular weight is 587 g/mol. The van der Waals surface area contributed by atoms with Crippen LogP contribution in [0.1, 0.15) is 43.4 Å². The normalized spacial score (nSPS) is 22.6. The van der Waals surface area contributed by atoms with Gasteiger partial charge in [0.1, 0.15) is 28.7 Å². The first-order valence-electron chi connectivity index (χ1n) is 14.3. The van der Waals surface area contributed by atoms with Crippen molar-refractivity contribution in [3.05, 3.63) is 125 Å². The van der Waals surface area contributed by atoms with Gasteiger partial charge >= 0.3 is 0 Å². The van der Waals surface area contributed by atoms with Crippen molar-refractivity contribution in [2.45, 2.75) is 17.5 Å². The lowest BCUT2D eigenvalue weighted by atomic mass is 9.62. The summed E-state index contributed by atoms with van der Waals surface area (Å²) in [6.45, 7) is 0. The number of benzene rings is 4. The number of fused-ring (bicyclic) bond motifs is 6. The van der Waals surface area contributed by atoms with Crippen molar-refractivity contribution in [3.8, 4) is 17.2 Å². The maximum Gasteiger partial charge on any atom is 0.238 e. The third-order valence-corrected chi connectivity index (χ3v) is 9.17. The molecule has 8 nitrogen and oxygen atoms in total. The van der Waals surface area contributed by atoms with Gasteiger partial charge < -0.3 is 24.4 Å². The van der Waals surface area contributed by atoms with Crippen LogP contribution >= 0.6 is 0 Å². The highest BCUT2D eigenvalue weighted by Crippen LogP contribution is 2.62. The fraction of sp³-hybridized carbons (Fsp3) is 0.194. The third-order valence-electron chi connectivity index (χ3n) is 9.17. The van der Waals surface area contributed by atoms with E-state index in [0.29, 0.717) is 34.1 Å². The maximum atomic E-state index is 15.2. The molecule has 3 aliphatic heterocycles. The van der Waals surface area contributed by atoms with Gasteiger partial charge in [0, 0.05) is 11.9 Å². The zero-order valence-corrected chi connectivity index (χ0v) is 24.4. The van der Waals surface area contributed by atoms with Crippen molar-refractivity contribution < 1.29 is 28.6 Å². The van der Waals surface area contributed by atoms with Crippen LogP contribution in [0.25, 0.3) is 6.08 Å². The molecule has 1 saturated heterocycles. The Bertz CT molecular complexity index is 1870. The number of carbonyl (C=O) groups excluding carboxylic acids is 3. The predicted molar refractivity (Wildman–Crippen MR) is 165 cm³/mol. The first-order valence-corrected chi connectivity index (χ1v) is 14.3. The third kappa shape index (κ3) is 3.73. The van der Waals surface area contributed by atoms with Crippen LogP contribution in [0.2, 0.25) is 0 Å². The first kappa shape index (κ1) is 27.5. The maximum absolute atomic E-state index is 15.2. The number of para-hydroxylation sites is 2. The van der Waals surface area contributed by atoms with Gasteiger partial charge in [-0.2, -0.15) is 0 Å². The molecule has 3 heterocycles. The summed E-state index contributed by atoms with van der Waals surface area (Å²) in [4.78, 5) is 46.7. The number of ether oxygens (including phenoxy) is 3. The van der Waals surface area contributed by atoms with E-state index < -0.39 is 29.2 Å². The summed E-state index contributed by atoms with van der Waals surface area (Å²) < 4.78 is 16.7. The van der Waals surface area contributed by atoms with Gasteiger partial charge in [-0.05, 0) is 59.2 Å². The van der Waals surface area contributed by atoms with Gasteiger partial charge in [0.2, 0.25) is 5.91 Å². The number of anilines is 1. The van der Waals surface area contributed by atoms with E-state index in [0.717, 1.165) is 11.1 Å². The van der Waals surface area contributed by atoms with Crippen molar-refractivity contribution >= 4 is 29.2 Å². The summed E-state index contributed by atoms with van der Waals surface area (Å²) >= 11 is 0. The second kappa shape index (κ2) is 10.4. The fourth-order valence-corrected chi connectivity index (χ4v) is 7.35. The van der Waals surface area contributed by atoms with E-state index in [2.05, 4.69) is 5.32 Å². The molecule has 1 N–H and O–H groups in total. The lowest BCUT2D eigenvalue weighted by Gasteiger charge is -2.38. The van der Waals surface area contributed by atoms with Gasteiger partial charge in [-0.25, -0.2) is 0 Å². The van der Waals surface area contributed by atoms with Crippen molar-refractivity contribution in [2.75, 3.05) is 26.6 Å². The lowest BCUT2D eigenvalue weighted by molar-refractivity contribution is -0.122. The van der Waals surface area contributed by atoms with Crippen molar-refractivity contribution in [1.29, 1.82) is 0 Å². The fourth-order valence-electron chi connectivity index (χ4n) is 7.35. The molecule has 0 bridgehead atoms. The summed E-state index contributed by atoms with van der Waals surface area (Å²) in [7, 11) is 4.51. The summed E-state index contributed by atoms with van der Waals surface area (Å²) in [5.74, 6) is -1.07. The van der Waals surface area contributed by atoms with Crippen LogP contribution in [0.3, 0.4) is 0 Å². The van der Waals surface area contributed by atoms with E-state index in [1.54, 1.807) is 42.5 Å². The number of carbonyl (C=O) groups is 3. The van der Waals surface area contributed by atoms with E-state index >= 15 is 4.79 Å². The van der Waals surface area contributed by atoms with Gasteiger partial charge in [0.05, 0.1) is 44.4 Å².